The molecule has 2 N–H and O–H groups in total. The molecule has 0 saturated carbocycles. The second-order valence-electron chi connectivity index (χ2n) is 4.39. The summed E-state index contributed by atoms with van der Waals surface area (Å²) in [7, 11) is 0. The molecule has 1 aromatic carbocycles. The SMILES string of the molecule is C=C(C)c1ccc(C2(C)NC(=O)NC2=O)cc1. The van der Waals surface area contributed by atoms with Gasteiger partial charge in [-0.25, -0.2) is 4.79 Å². The molecular weight excluding hydrogens is 216 g/mol. The first kappa shape index (κ1) is 11.4. The topological polar surface area (TPSA) is 58.2 Å². The summed E-state index contributed by atoms with van der Waals surface area (Å²) in [4.78, 5) is 22.9. The number of urea groups is 1. The summed E-state index contributed by atoms with van der Waals surface area (Å²) < 4.78 is 0. The van der Waals surface area contributed by atoms with Gasteiger partial charge in [0.25, 0.3) is 5.91 Å². The van der Waals surface area contributed by atoms with Crippen LogP contribution in [0.1, 0.15) is 25.0 Å². The summed E-state index contributed by atoms with van der Waals surface area (Å²) in [5.41, 5.74) is 1.75. The molecule has 4 nitrogen and oxygen atoms in total. The molecule has 4 heteroatoms. The highest BCUT2D eigenvalue weighted by molar-refractivity contribution is 6.07. The molecule has 0 radical (unpaired) electrons. The minimum Gasteiger partial charge on any atom is -0.320 e. The van der Waals surface area contributed by atoms with Crippen molar-refractivity contribution < 1.29 is 9.59 Å². The van der Waals surface area contributed by atoms with Crippen molar-refractivity contribution in [1.29, 1.82) is 0 Å². The number of imide groups is 1. The van der Waals surface area contributed by atoms with Gasteiger partial charge in [0.2, 0.25) is 0 Å². The highest BCUT2D eigenvalue weighted by Crippen LogP contribution is 2.25. The first-order valence-electron chi connectivity index (χ1n) is 5.33. The summed E-state index contributed by atoms with van der Waals surface area (Å²) in [6, 6.07) is 6.98. The van der Waals surface area contributed by atoms with E-state index >= 15 is 0 Å². The Bertz CT molecular complexity index is 505. The lowest BCUT2D eigenvalue weighted by Gasteiger charge is -2.21. The van der Waals surface area contributed by atoms with Crippen LogP contribution in [-0.4, -0.2) is 11.9 Å². The van der Waals surface area contributed by atoms with Crippen molar-refractivity contribution >= 4 is 17.5 Å². The Kier molecular flexibility index (Phi) is 2.50. The lowest BCUT2D eigenvalue weighted by Crippen LogP contribution is -2.40. The zero-order valence-corrected chi connectivity index (χ0v) is 9.83. The van der Waals surface area contributed by atoms with Gasteiger partial charge >= 0.3 is 6.03 Å². The zero-order chi connectivity index (χ0) is 12.6. The van der Waals surface area contributed by atoms with Crippen LogP contribution < -0.4 is 10.6 Å². The maximum absolute atomic E-state index is 11.7. The number of carbonyl (C=O) groups is 2. The molecule has 0 spiro atoms. The molecule has 1 fully saturated rings. The molecule has 0 aromatic heterocycles. The van der Waals surface area contributed by atoms with E-state index < -0.39 is 11.6 Å². The van der Waals surface area contributed by atoms with Crippen LogP contribution in [0, 0.1) is 0 Å². The van der Waals surface area contributed by atoms with Gasteiger partial charge in [-0.3, -0.25) is 10.1 Å². The Morgan fingerprint density at radius 2 is 1.82 bits per heavy atom. The largest absolute Gasteiger partial charge is 0.322 e. The van der Waals surface area contributed by atoms with Gasteiger partial charge in [0.1, 0.15) is 5.54 Å². The molecule has 0 bridgehead atoms. The molecule has 1 atom stereocenters. The van der Waals surface area contributed by atoms with Crippen LogP contribution in [0.15, 0.2) is 30.8 Å². The lowest BCUT2D eigenvalue weighted by atomic mass is 9.91. The first-order valence-corrected chi connectivity index (χ1v) is 5.33. The van der Waals surface area contributed by atoms with Crippen molar-refractivity contribution in [1.82, 2.24) is 10.6 Å². The summed E-state index contributed by atoms with van der Waals surface area (Å²) in [5, 5.41) is 4.86. The average molecular weight is 230 g/mol. The smallest absolute Gasteiger partial charge is 0.320 e. The van der Waals surface area contributed by atoms with Crippen molar-refractivity contribution in [2.45, 2.75) is 19.4 Å². The fourth-order valence-electron chi connectivity index (χ4n) is 1.83. The summed E-state index contributed by atoms with van der Waals surface area (Å²) in [6.07, 6.45) is 0. The highest BCUT2D eigenvalue weighted by atomic mass is 16.2. The van der Waals surface area contributed by atoms with Gasteiger partial charge in [0, 0.05) is 0 Å². The minimum atomic E-state index is -0.981. The van der Waals surface area contributed by atoms with Crippen LogP contribution in [0.25, 0.3) is 5.57 Å². The third kappa shape index (κ3) is 1.82. The van der Waals surface area contributed by atoms with E-state index in [4.69, 9.17) is 0 Å². The van der Waals surface area contributed by atoms with Crippen LogP contribution in [0.3, 0.4) is 0 Å². The second-order valence-corrected chi connectivity index (χ2v) is 4.39. The van der Waals surface area contributed by atoms with Gasteiger partial charge in [-0.2, -0.15) is 0 Å². The second kappa shape index (κ2) is 3.73. The third-order valence-electron chi connectivity index (χ3n) is 3.00. The fourth-order valence-corrected chi connectivity index (χ4v) is 1.83. The van der Waals surface area contributed by atoms with Crippen LogP contribution >= 0.6 is 0 Å². The standard InChI is InChI=1S/C13H14N2O2/c1-8(2)9-4-6-10(7-5-9)13(3)11(16)14-12(17)15-13/h4-7H,1H2,2-3H3,(H2,14,15,16,17). The molecule has 0 aliphatic carbocycles. The van der Waals surface area contributed by atoms with E-state index in [-0.39, 0.29) is 5.91 Å². The zero-order valence-electron chi connectivity index (χ0n) is 9.83. The molecule has 88 valence electrons. The van der Waals surface area contributed by atoms with E-state index in [1.165, 1.54) is 0 Å². The first-order chi connectivity index (χ1) is 7.93. The van der Waals surface area contributed by atoms with E-state index in [0.717, 1.165) is 16.7 Å². The van der Waals surface area contributed by atoms with Crippen LogP contribution in [-0.2, 0) is 10.3 Å². The predicted molar refractivity (Wildman–Crippen MR) is 65.2 cm³/mol. The van der Waals surface area contributed by atoms with Crippen molar-refractivity contribution in [2.75, 3.05) is 0 Å². The molecule has 2 rings (SSSR count). The maximum Gasteiger partial charge on any atom is 0.322 e. The number of amides is 3. The van der Waals surface area contributed by atoms with Gasteiger partial charge < -0.3 is 5.32 Å². The number of nitrogens with one attached hydrogen (secondary N) is 2. The summed E-state index contributed by atoms with van der Waals surface area (Å²) >= 11 is 0. The molecule has 1 heterocycles. The van der Waals surface area contributed by atoms with Crippen molar-refractivity contribution in [3.63, 3.8) is 0 Å². The number of allylic oxidation sites excluding steroid dienone is 1. The van der Waals surface area contributed by atoms with E-state index in [1.54, 1.807) is 6.92 Å². The van der Waals surface area contributed by atoms with Gasteiger partial charge in [0.05, 0.1) is 0 Å². The molecule has 1 saturated heterocycles. The molecule has 1 unspecified atom stereocenters. The van der Waals surface area contributed by atoms with Gasteiger partial charge in [-0.1, -0.05) is 36.4 Å². The molecule has 17 heavy (non-hydrogen) atoms. The Morgan fingerprint density at radius 1 is 1.24 bits per heavy atom. The molecule has 1 aliphatic rings. The van der Waals surface area contributed by atoms with E-state index in [1.807, 2.05) is 31.2 Å². The molecular formula is C13H14N2O2. The van der Waals surface area contributed by atoms with Gasteiger partial charge in [-0.05, 0) is 25.0 Å². The van der Waals surface area contributed by atoms with E-state index in [2.05, 4.69) is 17.2 Å². The van der Waals surface area contributed by atoms with Gasteiger partial charge in [-0.15, -0.1) is 0 Å². The molecule has 1 aliphatic heterocycles. The lowest BCUT2D eigenvalue weighted by molar-refractivity contribution is -0.123. The molecule has 3 amide bonds. The Hall–Kier alpha value is -2.10. The monoisotopic (exact) mass is 230 g/mol. The summed E-state index contributed by atoms with van der Waals surface area (Å²) in [5.74, 6) is -0.328. The third-order valence-corrected chi connectivity index (χ3v) is 3.00. The number of carbonyl (C=O) groups excluding carboxylic acids is 2. The highest BCUT2D eigenvalue weighted by Gasteiger charge is 2.43. The van der Waals surface area contributed by atoms with E-state index in [0.29, 0.717) is 0 Å². The number of hydrogen-bond acceptors (Lipinski definition) is 2. The molecule has 1 aromatic rings. The fraction of sp³-hybridized carbons (Fsp3) is 0.231. The van der Waals surface area contributed by atoms with Crippen molar-refractivity contribution in [3.8, 4) is 0 Å². The quantitative estimate of drug-likeness (QED) is 0.761. The van der Waals surface area contributed by atoms with Crippen LogP contribution in [0.2, 0.25) is 0 Å². The minimum absolute atomic E-state index is 0.328. The Labute approximate surface area is 99.7 Å². The Balaban J connectivity index is 2.37. The average Bonchev–Trinajstić information content (AvgIpc) is 2.54. The van der Waals surface area contributed by atoms with E-state index in [9.17, 15) is 9.59 Å². The van der Waals surface area contributed by atoms with Gasteiger partial charge in [0.15, 0.2) is 0 Å². The van der Waals surface area contributed by atoms with Crippen LogP contribution in [0.5, 0.6) is 0 Å². The van der Waals surface area contributed by atoms with Crippen molar-refractivity contribution in [3.05, 3.63) is 42.0 Å². The number of hydrogen-bond donors (Lipinski definition) is 2. The predicted octanol–water partition coefficient (Wildman–Crippen LogP) is 1.77. The van der Waals surface area contributed by atoms with Crippen LogP contribution in [0.4, 0.5) is 4.79 Å². The normalized spacial score (nSPS) is 23.2. The van der Waals surface area contributed by atoms with Crippen molar-refractivity contribution in [2.24, 2.45) is 0 Å². The number of rotatable bonds is 2. The summed E-state index contributed by atoms with van der Waals surface area (Å²) in [6.45, 7) is 7.45. The Morgan fingerprint density at radius 3 is 2.24 bits per heavy atom. The number of benzene rings is 1. The maximum atomic E-state index is 11.7.